The molecule has 1 amide bonds. The summed E-state index contributed by atoms with van der Waals surface area (Å²) >= 11 is 0. The molecule has 0 spiro atoms. The smallest absolute Gasteiger partial charge is 0.354 e. The minimum Gasteiger partial charge on any atom is -0.364 e. The average Bonchev–Trinajstić information content (AvgIpc) is 2.12. The number of nitrogens with one attached hydrogen (secondary N) is 1. The maximum atomic E-state index is 12.7. The first-order valence-corrected chi connectivity index (χ1v) is 3.75. The van der Waals surface area contributed by atoms with Crippen LogP contribution in [0.15, 0.2) is 0 Å². The maximum Gasteiger partial charge on any atom is 0.354 e. The zero-order valence-corrected chi connectivity index (χ0v) is 7.44. The Kier molecular flexibility index (Phi) is 4.76. The van der Waals surface area contributed by atoms with E-state index in [1.165, 1.54) is 14.0 Å². The minimum atomic E-state index is -3.98. The first-order chi connectivity index (χ1) is 5.96. The number of ether oxygens (including phenoxy) is 1. The Morgan fingerprint density at radius 1 is 1.62 bits per heavy atom. The summed E-state index contributed by atoms with van der Waals surface area (Å²) < 4.78 is 42.3. The first-order valence-electron chi connectivity index (χ1n) is 3.75. The monoisotopic (exact) mass is 199 g/mol. The van der Waals surface area contributed by atoms with E-state index < -0.39 is 24.4 Å². The van der Waals surface area contributed by atoms with Crippen molar-refractivity contribution in [2.24, 2.45) is 0 Å². The summed E-state index contributed by atoms with van der Waals surface area (Å²) in [6.07, 6.45) is -2.86. The average molecular weight is 199 g/mol. The lowest BCUT2D eigenvalue weighted by Gasteiger charge is -2.18. The van der Waals surface area contributed by atoms with E-state index in [-0.39, 0.29) is 6.73 Å². The number of hydrogen-bond donors (Lipinski definition) is 1. The largest absolute Gasteiger partial charge is 0.364 e. The van der Waals surface area contributed by atoms with Gasteiger partial charge in [-0.1, -0.05) is 6.92 Å². The van der Waals surface area contributed by atoms with Gasteiger partial charge in [0, 0.05) is 7.11 Å². The topological polar surface area (TPSA) is 38.3 Å². The number of hydrogen-bond acceptors (Lipinski definition) is 2. The zero-order chi connectivity index (χ0) is 10.5. The van der Waals surface area contributed by atoms with E-state index in [1.54, 1.807) is 5.32 Å². The van der Waals surface area contributed by atoms with Gasteiger partial charge in [0.2, 0.25) is 0 Å². The summed E-state index contributed by atoms with van der Waals surface area (Å²) in [6, 6.07) is 0. The van der Waals surface area contributed by atoms with E-state index in [9.17, 15) is 18.0 Å². The van der Waals surface area contributed by atoms with Crippen LogP contribution in [-0.4, -0.2) is 31.8 Å². The lowest BCUT2D eigenvalue weighted by Crippen LogP contribution is -2.47. The highest BCUT2D eigenvalue weighted by Gasteiger charge is 2.46. The van der Waals surface area contributed by atoms with Gasteiger partial charge in [0.1, 0.15) is 6.73 Å². The summed E-state index contributed by atoms with van der Waals surface area (Å²) in [5, 5.41) is 1.74. The molecule has 0 aromatic heterocycles. The van der Waals surface area contributed by atoms with Crippen molar-refractivity contribution in [3.8, 4) is 0 Å². The first kappa shape index (κ1) is 12.2. The molecule has 0 radical (unpaired) electrons. The Bertz CT molecular complexity index is 175. The SMILES string of the molecule is CCC(F)C(F)(F)C(=O)NCOC. The Morgan fingerprint density at radius 3 is 2.54 bits per heavy atom. The van der Waals surface area contributed by atoms with Gasteiger partial charge in [-0.3, -0.25) is 4.79 Å². The second kappa shape index (κ2) is 5.06. The summed E-state index contributed by atoms with van der Waals surface area (Å²) in [6.45, 7) is 0.882. The number of carbonyl (C=O) groups is 1. The lowest BCUT2D eigenvalue weighted by atomic mass is 10.1. The van der Waals surface area contributed by atoms with Crippen molar-refractivity contribution in [3.63, 3.8) is 0 Å². The second-order valence-electron chi connectivity index (χ2n) is 2.44. The van der Waals surface area contributed by atoms with Crippen molar-refractivity contribution in [2.45, 2.75) is 25.4 Å². The van der Waals surface area contributed by atoms with Gasteiger partial charge in [-0.2, -0.15) is 8.78 Å². The molecule has 78 valence electrons. The van der Waals surface area contributed by atoms with E-state index >= 15 is 0 Å². The minimum absolute atomic E-state index is 0.356. The lowest BCUT2D eigenvalue weighted by molar-refractivity contribution is -0.157. The van der Waals surface area contributed by atoms with E-state index in [0.717, 1.165) is 0 Å². The Hall–Kier alpha value is -0.780. The number of rotatable bonds is 5. The van der Waals surface area contributed by atoms with Crippen LogP contribution in [0.5, 0.6) is 0 Å². The summed E-state index contributed by atoms with van der Waals surface area (Å²) in [5.41, 5.74) is 0. The molecular formula is C7H12F3NO2. The number of methoxy groups -OCH3 is 1. The van der Waals surface area contributed by atoms with Gasteiger partial charge < -0.3 is 10.1 Å². The fourth-order valence-electron chi connectivity index (χ4n) is 0.654. The highest BCUT2D eigenvalue weighted by molar-refractivity contribution is 5.83. The Morgan fingerprint density at radius 2 is 2.15 bits per heavy atom. The molecule has 0 saturated carbocycles. The molecule has 0 aromatic rings. The van der Waals surface area contributed by atoms with E-state index in [0.29, 0.717) is 0 Å². The summed E-state index contributed by atoms with van der Waals surface area (Å²) in [4.78, 5) is 10.6. The number of carbonyl (C=O) groups excluding carboxylic acids is 1. The fraction of sp³-hybridized carbons (Fsp3) is 0.857. The molecule has 6 heteroatoms. The Balaban J connectivity index is 4.18. The fourth-order valence-corrected chi connectivity index (χ4v) is 0.654. The van der Waals surface area contributed by atoms with Crippen LogP contribution < -0.4 is 5.32 Å². The molecule has 1 atom stereocenters. The molecule has 0 aliphatic carbocycles. The molecule has 0 fully saturated rings. The number of halogens is 3. The normalized spacial score (nSPS) is 13.9. The number of alkyl halides is 3. The van der Waals surface area contributed by atoms with E-state index in [4.69, 9.17) is 0 Å². The van der Waals surface area contributed by atoms with Crippen LogP contribution >= 0.6 is 0 Å². The molecule has 0 heterocycles. The van der Waals surface area contributed by atoms with Gasteiger partial charge in [0.25, 0.3) is 5.91 Å². The number of amides is 1. The molecule has 0 aliphatic heterocycles. The quantitative estimate of drug-likeness (QED) is 0.673. The predicted octanol–water partition coefficient (Wildman–Crippen LogP) is 1.09. The zero-order valence-electron chi connectivity index (χ0n) is 7.44. The van der Waals surface area contributed by atoms with Crippen molar-refractivity contribution < 1.29 is 22.7 Å². The van der Waals surface area contributed by atoms with Crippen LogP contribution in [0.25, 0.3) is 0 Å². The van der Waals surface area contributed by atoms with Crippen LogP contribution in [0.4, 0.5) is 13.2 Å². The van der Waals surface area contributed by atoms with E-state index in [1.807, 2.05) is 0 Å². The van der Waals surface area contributed by atoms with Gasteiger partial charge in [0.05, 0.1) is 0 Å². The van der Waals surface area contributed by atoms with Gasteiger partial charge in [-0.15, -0.1) is 0 Å². The molecular weight excluding hydrogens is 187 g/mol. The third-order valence-corrected chi connectivity index (χ3v) is 1.43. The molecule has 1 N–H and O–H groups in total. The van der Waals surface area contributed by atoms with Gasteiger partial charge >= 0.3 is 5.92 Å². The molecule has 13 heavy (non-hydrogen) atoms. The van der Waals surface area contributed by atoms with Crippen molar-refractivity contribution in [3.05, 3.63) is 0 Å². The van der Waals surface area contributed by atoms with Crippen LogP contribution in [0, 0.1) is 0 Å². The van der Waals surface area contributed by atoms with Gasteiger partial charge in [0.15, 0.2) is 6.17 Å². The third kappa shape index (κ3) is 3.22. The molecule has 0 saturated heterocycles. The van der Waals surface area contributed by atoms with Crippen molar-refractivity contribution in [1.29, 1.82) is 0 Å². The molecule has 0 bridgehead atoms. The summed E-state index contributed by atoms with van der Waals surface area (Å²) in [5.74, 6) is -5.63. The molecule has 3 nitrogen and oxygen atoms in total. The molecule has 1 unspecified atom stereocenters. The van der Waals surface area contributed by atoms with Crippen LogP contribution in [0.3, 0.4) is 0 Å². The molecule has 0 aliphatic rings. The molecule has 0 rings (SSSR count). The van der Waals surface area contributed by atoms with Crippen LogP contribution in [0.2, 0.25) is 0 Å². The van der Waals surface area contributed by atoms with Crippen LogP contribution in [-0.2, 0) is 9.53 Å². The van der Waals surface area contributed by atoms with Crippen molar-refractivity contribution in [1.82, 2.24) is 5.32 Å². The Labute approximate surface area is 74.3 Å². The van der Waals surface area contributed by atoms with Crippen LogP contribution in [0.1, 0.15) is 13.3 Å². The van der Waals surface area contributed by atoms with E-state index in [2.05, 4.69) is 4.74 Å². The van der Waals surface area contributed by atoms with Crippen molar-refractivity contribution in [2.75, 3.05) is 13.8 Å². The second-order valence-corrected chi connectivity index (χ2v) is 2.44. The predicted molar refractivity (Wildman–Crippen MR) is 40.2 cm³/mol. The molecule has 0 aromatic carbocycles. The van der Waals surface area contributed by atoms with Crippen molar-refractivity contribution >= 4 is 5.91 Å². The van der Waals surface area contributed by atoms with Gasteiger partial charge in [-0.05, 0) is 6.42 Å². The standard InChI is InChI=1S/C7H12F3NO2/c1-3-5(8)7(9,10)6(12)11-4-13-2/h5H,3-4H2,1-2H3,(H,11,12). The highest BCUT2D eigenvalue weighted by atomic mass is 19.3. The highest BCUT2D eigenvalue weighted by Crippen LogP contribution is 2.23. The van der Waals surface area contributed by atoms with Gasteiger partial charge in [-0.25, -0.2) is 4.39 Å². The summed E-state index contributed by atoms with van der Waals surface area (Å²) in [7, 11) is 1.23. The third-order valence-electron chi connectivity index (χ3n) is 1.43. The maximum absolute atomic E-state index is 12.7.